The summed E-state index contributed by atoms with van der Waals surface area (Å²) in [6.45, 7) is 3.86. The zero-order valence-corrected chi connectivity index (χ0v) is 15.0. The zero-order valence-electron chi connectivity index (χ0n) is 15.0. The van der Waals surface area contributed by atoms with E-state index in [4.69, 9.17) is 4.74 Å². The molecule has 0 saturated heterocycles. The Bertz CT molecular complexity index is 1040. The average Bonchev–Trinajstić information content (AvgIpc) is 2.73. The molecule has 0 unspecified atom stereocenters. The Hall–Kier alpha value is -3.39. The molecule has 4 aromatic carbocycles. The minimum atomic E-state index is -0.498. The van der Waals surface area contributed by atoms with Crippen LogP contribution in [0.2, 0.25) is 0 Å². The van der Waals surface area contributed by atoms with E-state index >= 15 is 0 Å². The highest BCUT2D eigenvalue weighted by molar-refractivity contribution is 5.97. The minimum Gasteiger partial charge on any atom is -0.461 e. The molecular formula is C25H20O2. The smallest absolute Gasteiger partial charge is 0.318 e. The number of carbonyl (C=O) groups is 1. The van der Waals surface area contributed by atoms with Crippen molar-refractivity contribution in [3.05, 3.63) is 109 Å². The Morgan fingerprint density at radius 3 is 1.78 bits per heavy atom. The molecule has 0 spiro atoms. The SMILES string of the molecule is C=CCOC(=O)C(c1cccc2ccccc12)c1cccc2ccccc12. The highest BCUT2D eigenvalue weighted by Gasteiger charge is 2.27. The summed E-state index contributed by atoms with van der Waals surface area (Å²) in [5, 5.41) is 4.34. The predicted molar refractivity (Wildman–Crippen MR) is 111 cm³/mol. The molecule has 0 heterocycles. The van der Waals surface area contributed by atoms with Crippen LogP contribution in [0.3, 0.4) is 0 Å². The van der Waals surface area contributed by atoms with E-state index in [1.54, 1.807) is 6.08 Å². The molecule has 0 fully saturated rings. The maximum Gasteiger partial charge on any atom is 0.318 e. The second kappa shape index (κ2) is 7.46. The third kappa shape index (κ3) is 3.22. The fourth-order valence-electron chi connectivity index (χ4n) is 3.65. The van der Waals surface area contributed by atoms with Gasteiger partial charge < -0.3 is 4.74 Å². The van der Waals surface area contributed by atoms with Crippen LogP contribution in [0.15, 0.2) is 97.6 Å². The molecule has 0 atom stereocenters. The first-order chi connectivity index (χ1) is 13.3. The summed E-state index contributed by atoms with van der Waals surface area (Å²) in [6.07, 6.45) is 1.60. The van der Waals surface area contributed by atoms with Gasteiger partial charge in [0.2, 0.25) is 0 Å². The molecule has 0 radical (unpaired) electrons. The van der Waals surface area contributed by atoms with Gasteiger partial charge in [-0.3, -0.25) is 4.79 Å². The van der Waals surface area contributed by atoms with Crippen molar-refractivity contribution < 1.29 is 9.53 Å². The number of fused-ring (bicyclic) bond motifs is 2. The largest absolute Gasteiger partial charge is 0.461 e. The molecule has 2 heteroatoms. The maximum absolute atomic E-state index is 13.1. The lowest BCUT2D eigenvalue weighted by Crippen LogP contribution is -2.18. The van der Waals surface area contributed by atoms with Crippen molar-refractivity contribution >= 4 is 27.5 Å². The van der Waals surface area contributed by atoms with Crippen molar-refractivity contribution in [2.24, 2.45) is 0 Å². The number of carbonyl (C=O) groups excluding carboxylic acids is 1. The van der Waals surface area contributed by atoms with Gasteiger partial charge in [-0.2, -0.15) is 0 Å². The van der Waals surface area contributed by atoms with E-state index in [9.17, 15) is 4.79 Å². The van der Waals surface area contributed by atoms with Gasteiger partial charge in [-0.25, -0.2) is 0 Å². The molecule has 132 valence electrons. The van der Waals surface area contributed by atoms with Crippen LogP contribution in [0.4, 0.5) is 0 Å². The van der Waals surface area contributed by atoms with Crippen LogP contribution in [0, 0.1) is 0 Å². The molecule has 0 aliphatic heterocycles. The van der Waals surface area contributed by atoms with E-state index in [0.29, 0.717) is 0 Å². The summed E-state index contributed by atoms with van der Waals surface area (Å²) in [4.78, 5) is 13.1. The first kappa shape index (κ1) is 17.0. The number of ether oxygens (including phenoxy) is 1. The van der Waals surface area contributed by atoms with E-state index in [-0.39, 0.29) is 12.6 Å². The average molecular weight is 352 g/mol. The lowest BCUT2D eigenvalue weighted by molar-refractivity contribution is -0.143. The van der Waals surface area contributed by atoms with Gasteiger partial charge >= 0.3 is 5.97 Å². The Morgan fingerprint density at radius 1 is 0.778 bits per heavy atom. The lowest BCUT2D eigenvalue weighted by atomic mass is 9.85. The molecular weight excluding hydrogens is 332 g/mol. The van der Waals surface area contributed by atoms with Crippen LogP contribution in [0.25, 0.3) is 21.5 Å². The van der Waals surface area contributed by atoms with Crippen LogP contribution in [0.1, 0.15) is 17.0 Å². The van der Waals surface area contributed by atoms with Gasteiger partial charge in [0.15, 0.2) is 0 Å². The standard InChI is InChI=1S/C25H20O2/c1-2-17-27-25(26)24(22-15-7-11-18-9-3-5-13-20(18)22)23-16-8-12-19-10-4-6-14-21(19)23/h2-16,24H,1,17H2. The Kier molecular flexibility index (Phi) is 4.71. The second-order valence-electron chi connectivity index (χ2n) is 6.49. The van der Waals surface area contributed by atoms with Gasteiger partial charge in [0.1, 0.15) is 12.5 Å². The quantitative estimate of drug-likeness (QED) is 0.332. The molecule has 0 aliphatic carbocycles. The molecule has 0 aliphatic rings. The van der Waals surface area contributed by atoms with E-state index in [2.05, 4.69) is 43.0 Å². The number of esters is 1. The monoisotopic (exact) mass is 352 g/mol. The Labute approximate surface area is 158 Å². The summed E-state index contributed by atoms with van der Waals surface area (Å²) in [5.74, 6) is -0.759. The van der Waals surface area contributed by atoms with Crippen molar-refractivity contribution in [2.45, 2.75) is 5.92 Å². The molecule has 0 N–H and O–H groups in total. The lowest BCUT2D eigenvalue weighted by Gasteiger charge is -2.20. The van der Waals surface area contributed by atoms with Crippen LogP contribution in [-0.2, 0) is 9.53 Å². The maximum atomic E-state index is 13.1. The van der Waals surface area contributed by atoms with Gasteiger partial charge in [0.25, 0.3) is 0 Å². The van der Waals surface area contributed by atoms with Crippen molar-refractivity contribution in [3.63, 3.8) is 0 Å². The summed E-state index contributed by atoms with van der Waals surface area (Å²) >= 11 is 0. The number of benzene rings is 4. The molecule has 0 aromatic heterocycles. The molecule has 4 rings (SSSR count). The minimum absolute atomic E-state index is 0.199. The van der Waals surface area contributed by atoms with Gasteiger partial charge in [0, 0.05) is 0 Å². The molecule has 4 aromatic rings. The van der Waals surface area contributed by atoms with Gasteiger partial charge in [-0.15, -0.1) is 0 Å². The Balaban J connectivity index is 1.97. The third-order valence-electron chi connectivity index (χ3n) is 4.85. The van der Waals surface area contributed by atoms with Gasteiger partial charge in [-0.05, 0) is 32.7 Å². The third-order valence-corrected chi connectivity index (χ3v) is 4.85. The molecule has 27 heavy (non-hydrogen) atoms. The summed E-state index contributed by atoms with van der Waals surface area (Å²) in [6, 6.07) is 28.4. The fraction of sp³-hybridized carbons (Fsp3) is 0.0800. The predicted octanol–water partition coefficient (Wildman–Crippen LogP) is 5.85. The fourth-order valence-corrected chi connectivity index (χ4v) is 3.65. The highest BCUT2D eigenvalue weighted by atomic mass is 16.5. The van der Waals surface area contributed by atoms with Crippen LogP contribution >= 0.6 is 0 Å². The summed E-state index contributed by atoms with van der Waals surface area (Å²) in [5.41, 5.74) is 1.91. The zero-order chi connectivity index (χ0) is 18.6. The Morgan fingerprint density at radius 2 is 1.26 bits per heavy atom. The topological polar surface area (TPSA) is 26.3 Å². The van der Waals surface area contributed by atoms with Crippen molar-refractivity contribution in [3.8, 4) is 0 Å². The van der Waals surface area contributed by atoms with E-state index in [0.717, 1.165) is 32.7 Å². The van der Waals surface area contributed by atoms with Crippen LogP contribution in [0.5, 0.6) is 0 Å². The van der Waals surface area contributed by atoms with Gasteiger partial charge in [0.05, 0.1) is 0 Å². The molecule has 0 amide bonds. The van der Waals surface area contributed by atoms with Crippen LogP contribution in [-0.4, -0.2) is 12.6 Å². The van der Waals surface area contributed by atoms with Crippen molar-refractivity contribution in [2.75, 3.05) is 6.61 Å². The number of hydrogen-bond acceptors (Lipinski definition) is 2. The summed E-state index contributed by atoms with van der Waals surface area (Å²) < 4.78 is 5.50. The molecule has 0 saturated carbocycles. The van der Waals surface area contributed by atoms with Crippen molar-refractivity contribution in [1.29, 1.82) is 0 Å². The first-order valence-corrected chi connectivity index (χ1v) is 9.02. The number of hydrogen-bond donors (Lipinski definition) is 0. The summed E-state index contributed by atoms with van der Waals surface area (Å²) in [7, 11) is 0. The van der Waals surface area contributed by atoms with Gasteiger partial charge in [-0.1, -0.05) is 97.6 Å². The number of rotatable bonds is 5. The normalized spacial score (nSPS) is 11.0. The van der Waals surface area contributed by atoms with Crippen LogP contribution < -0.4 is 0 Å². The van der Waals surface area contributed by atoms with E-state index in [1.165, 1.54) is 0 Å². The first-order valence-electron chi connectivity index (χ1n) is 9.02. The molecule has 2 nitrogen and oxygen atoms in total. The van der Waals surface area contributed by atoms with Crippen molar-refractivity contribution in [1.82, 2.24) is 0 Å². The molecule has 0 bridgehead atoms. The second-order valence-corrected chi connectivity index (χ2v) is 6.49. The van der Waals surface area contributed by atoms with E-state index in [1.807, 2.05) is 48.5 Å². The highest BCUT2D eigenvalue weighted by Crippen LogP contribution is 2.35. The van der Waals surface area contributed by atoms with E-state index < -0.39 is 5.92 Å².